The maximum atomic E-state index is 13.2. The number of anilines is 1. The van der Waals surface area contributed by atoms with Crippen LogP contribution in [-0.4, -0.2) is 22.7 Å². The molecular weight excluding hydrogens is 358 g/mol. The number of nitrogens with zero attached hydrogens (tertiary/aromatic N) is 3. The molecule has 1 spiro atoms. The third kappa shape index (κ3) is 2.26. The van der Waals surface area contributed by atoms with Crippen LogP contribution in [0.25, 0.3) is 10.9 Å². The molecule has 0 bridgehead atoms. The number of carbonyl (C=O) groups excluding carboxylic acids is 1. The molecule has 6 rings (SSSR count). The molecule has 142 valence electrons. The maximum absolute atomic E-state index is 13.2. The van der Waals surface area contributed by atoms with Gasteiger partial charge >= 0.3 is 0 Å². The van der Waals surface area contributed by atoms with E-state index < -0.39 is 0 Å². The molecule has 2 atom stereocenters. The fraction of sp³-hybridized carbons (Fsp3) is 0.200. The van der Waals surface area contributed by atoms with Crippen LogP contribution in [0.15, 0.2) is 79.0 Å². The summed E-state index contributed by atoms with van der Waals surface area (Å²) in [6, 6.07) is 25.2. The number of hydrogen-bond donors (Lipinski definition) is 0. The number of benzene rings is 3. The van der Waals surface area contributed by atoms with Crippen molar-refractivity contribution < 1.29 is 4.79 Å². The maximum Gasteiger partial charge on any atom is 0.238 e. The van der Waals surface area contributed by atoms with Crippen LogP contribution in [0.2, 0.25) is 0 Å². The highest BCUT2D eigenvalue weighted by molar-refractivity contribution is 6.11. The number of aromatic nitrogens is 2. The standard InChI is InChI=1S/C25H21N3O/c1-27-22-10-6-5-9-20(22)25(24(27)29)14-21(25)18-11-12-19-15-26-28(23(19)13-18)16-17-7-3-2-4-8-17/h2-13,15,21H,14,16H2,1H3/t21-,25-/m0/s1. The number of likely N-dealkylation sites (N-methyl/N-ethyl adjacent to an activating group) is 1. The Labute approximate surface area is 169 Å². The van der Waals surface area contributed by atoms with Crippen molar-refractivity contribution in [2.45, 2.75) is 24.3 Å². The largest absolute Gasteiger partial charge is 0.314 e. The van der Waals surface area contributed by atoms with Gasteiger partial charge in [-0.3, -0.25) is 9.48 Å². The van der Waals surface area contributed by atoms with Crippen LogP contribution in [0.3, 0.4) is 0 Å². The molecule has 4 heteroatoms. The van der Waals surface area contributed by atoms with Crippen LogP contribution in [0.1, 0.15) is 29.0 Å². The summed E-state index contributed by atoms with van der Waals surface area (Å²) in [5.74, 6) is 0.451. The van der Waals surface area contributed by atoms with Gasteiger partial charge in [0.1, 0.15) is 0 Å². The highest BCUT2D eigenvalue weighted by Gasteiger charge is 2.66. The number of para-hydroxylation sites is 1. The summed E-state index contributed by atoms with van der Waals surface area (Å²) in [7, 11) is 1.89. The van der Waals surface area contributed by atoms with E-state index in [1.165, 1.54) is 16.7 Å². The van der Waals surface area contributed by atoms with Crippen LogP contribution in [0, 0.1) is 0 Å². The highest BCUT2D eigenvalue weighted by Crippen LogP contribution is 2.66. The average Bonchev–Trinajstić information content (AvgIpc) is 3.35. The Bertz CT molecular complexity index is 1260. The molecule has 4 nitrogen and oxygen atoms in total. The van der Waals surface area contributed by atoms with Gasteiger partial charge in [0.15, 0.2) is 0 Å². The average molecular weight is 379 g/mol. The molecule has 0 radical (unpaired) electrons. The van der Waals surface area contributed by atoms with Gasteiger partial charge in [0, 0.05) is 24.0 Å². The summed E-state index contributed by atoms with van der Waals surface area (Å²) >= 11 is 0. The molecule has 1 aromatic heterocycles. The van der Waals surface area contributed by atoms with Gasteiger partial charge in [-0.15, -0.1) is 0 Å². The van der Waals surface area contributed by atoms with E-state index in [-0.39, 0.29) is 17.2 Å². The lowest BCUT2D eigenvalue weighted by Crippen LogP contribution is -2.29. The molecule has 0 N–H and O–H groups in total. The van der Waals surface area contributed by atoms with E-state index in [9.17, 15) is 4.79 Å². The lowest BCUT2D eigenvalue weighted by atomic mass is 9.92. The quantitative estimate of drug-likeness (QED) is 0.526. The smallest absolute Gasteiger partial charge is 0.238 e. The van der Waals surface area contributed by atoms with Gasteiger partial charge < -0.3 is 4.90 Å². The molecule has 1 saturated carbocycles. The number of hydrogen-bond acceptors (Lipinski definition) is 2. The topological polar surface area (TPSA) is 38.1 Å². The second-order valence-electron chi connectivity index (χ2n) is 8.22. The zero-order valence-corrected chi connectivity index (χ0v) is 16.2. The number of fused-ring (bicyclic) bond motifs is 3. The minimum atomic E-state index is -0.386. The zero-order valence-electron chi connectivity index (χ0n) is 16.2. The Hall–Kier alpha value is -3.40. The van der Waals surface area contributed by atoms with Crippen molar-refractivity contribution in [2.24, 2.45) is 0 Å². The third-order valence-electron chi connectivity index (χ3n) is 6.64. The van der Waals surface area contributed by atoms with E-state index in [2.05, 4.69) is 64.4 Å². The van der Waals surface area contributed by atoms with Gasteiger partial charge in [-0.25, -0.2) is 0 Å². The summed E-state index contributed by atoms with van der Waals surface area (Å²) in [6.45, 7) is 0.744. The van der Waals surface area contributed by atoms with Crippen molar-refractivity contribution >= 4 is 22.5 Å². The summed E-state index contributed by atoms with van der Waals surface area (Å²) in [5, 5.41) is 5.74. The molecule has 1 aliphatic carbocycles. The predicted molar refractivity (Wildman–Crippen MR) is 114 cm³/mol. The van der Waals surface area contributed by atoms with Crippen molar-refractivity contribution in [1.82, 2.24) is 9.78 Å². The van der Waals surface area contributed by atoms with Gasteiger partial charge in [-0.1, -0.05) is 60.7 Å². The summed E-state index contributed by atoms with van der Waals surface area (Å²) in [5.41, 5.74) is 5.42. The molecule has 29 heavy (non-hydrogen) atoms. The normalized spacial score (nSPS) is 22.4. The Morgan fingerprint density at radius 1 is 1.03 bits per heavy atom. The molecule has 2 heterocycles. The van der Waals surface area contributed by atoms with Crippen molar-refractivity contribution in [2.75, 3.05) is 11.9 Å². The number of carbonyl (C=O) groups is 1. The lowest BCUT2D eigenvalue weighted by Gasteiger charge is -2.12. The van der Waals surface area contributed by atoms with E-state index >= 15 is 0 Å². The summed E-state index contributed by atoms with van der Waals surface area (Å²) in [6.07, 6.45) is 2.81. The number of amides is 1. The molecule has 1 amide bonds. The summed E-state index contributed by atoms with van der Waals surface area (Å²) < 4.78 is 2.06. The first-order valence-corrected chi connectivity index (χ1v) is 10.1. The Morgan fingerprint density at radius 2 is 1.83 bits per heavy atom. The Morgan fingerprint density at radius 3 is 2.69 bits per heavy atom. The van der Waals surface area contributed by atoms with Crippen molar-refractivity contribution in [3.8, 4) is 0 Å². The minimum absolute atomic E-state index is 0.224. The first-order chi connectivity index (χ1) is 14.2. The van der Waals surface area contributed by atoms with Gasteiger partial charge in [0.25, 0.3) is 0 Å². The van der Waals surface area contributed by atoms with E-state index in [4.69, 9.17) is 0 Å². The highest BCUT2D eigenvalue weighted by atomic mass is 16.2. The minimum Gasteiger partial charge on any atom is -0.314 e. The van der Waals surface area contributed by atoms with Crippen LogP contribution in [0.5, 0.6) is 0 Å². The molecule has 2 aliphatic rings. The van der Waals surface area contributed by atoms with Crippen LogP contribution < -0.4 is 4.90 Å². The SMILES string of the molecule is CN1C(=O)[C@@]2(C[C@H]2c2ccc3cnn(Cc4ccccc4)c3c2)c2ccccc21. The first-order valence-electron chi connectivity index (χ1n) is 10.1. The zero-order chi connectivity index (χ0) is 19.6. The van der Waals surface area contributed by atoms with Gasteiger partial charge in [0.2, 0.25) is 5.91 Å². The molecule has 3 aromatic carbocycles. The number of rotatable bonds is 3. The van der Waals surface area contributed by atoms with Crippen LogP contribution in [-0.2, 0) is 16.8 Å². The fourth-order valence-electron chi connectivity index (χ4n) is 5.05. The van der Waals surface area contributed by atoms with Gasteiger partial charge in [0.05, 0.1) is 23.7 Å². The predicted octanol–water partition coefficient (Wildman–Crippen LogP) is 4.49. The molecule has 1 fully saturated rings. The van der Waals surface area contributed by atoms with Gasteiger partial charge in [-0.2, -0.15) is 5.10 Å². The Balaban J connectivity index is 1.40. The van der Waals surface area contributed by atoms with Crippen LogP contribution >= 0.6 is 0 Å². The molecule has 0 unspecified atom stereocenters. The molecule has 1 aliphatic heterocycles. The molecule has 4 aromatic rings. The molecule has 0 saturated heterocycles. The van der Waals surface area contributed by atoms with Crippen molar-refractivity contribution in [1.29, 1.82) is 0 Å². The van der Waals surface area contributed by atoms with Crippen molar-refractivity contribution in [3.05, 3.63) is 95.7 Å². The Kier molecular flexibility index (Phi) is 3.31. The first kappa shape index (κ1) is 16.5. The molecular formula is C25H21N3O. The second-order valence-corrected chi connectivity index (χ2v) is 8.22. The van der Waals surface area contributed by atoms with E-state index in [0.29, 0.717) is 0 Å². The van der Waals surface area contributed by atoms with E-state index in [1.54, 1.807) is 0 Å². The van der Waals surface area contributed by atoms with E-state index in [0.717, 1.165) is 29.6 Å². The van der Waals surface area contributed by atoms with Crippen molar-refractivity contribution in [3.63, 3.8) is 0 Å². The monoisotopic (exact) mass is 379 g/mol. The fourth-order valence-corrected chi connectivity index (χ4v) is 5.05. The van der Waals surface area contributed by atoms with Gasteiger partial charge in [-0.05, 0) is 35.2 Å². The lowest BCUT2D eigenvalue weighted by molar-refractivity contribution is -0.120. The van der Waals surface area contributed by atoms with E-state index in [1.807, 2.05) is 36.3 Å². The third-order valence-corrected chi connectivity index (χ3v) is 6.64. The second kappa shape index (κ2) is 5.80. The van der Waals surface area contributed by atoms with Crippen LogP contribution in [0.4, 0.5) is 5.69 Å². The summed E-state index contributed by atoms with van der Waals surface area (Å²) in [4.78, 5) is 15.0.